The summed E-state index contributed by atoms with van der Waals surface area (Å²) in [5, 5.41) is 3.14. The number of rotatable bonds is 6. The summed E-state index contributed by atoms with van der Waals surface area (Å²) in [5.74, 6) is -0.472. The molecule has 2 aliphatic rings. The monoisotopic (exact) mass is 698 g/mol. The van der Waals surface area contributed by atoms with Gasteiger partial charge < -0.3 is 29.5 Å². The van der Waals surface area contributed by atoms with E-state index in [0.29, 0.717) is 57.7 Å². The van der Waals surface area contributed by atoms with Gasteiger partial charge in [-0.15, -0.1) is 0 Å². The Morgan fingerprint density at radius 2 is 1.20 bits per heavy atom. The zero-order valence-corrected chi connectivity index (χ0v) is 30.9. The first-order chi connectivity index (χ1) is 24.1. The number of hydrogen-bond acceptors (Lipinski definition) is 6. The minimum absolute atomic E-state index is 0.174. The maximum Gasteiger partial charge on any atom is 0.410 e. The van der Waals surface area contributed by atoms with E-state index in [0.717, 1.165) is 28.0 Å². The summed E-state index contributed by atoms with van der Waals surface area (Å²) in [6.07, 6.45) is 0.744. The molecule has 3 aromatic rings. The maximum absolute atomic E-state index is 13.9. The van der Waals surface area contributed by atoms with Crippen molar-refractivity contribution in [3.8, 4) is 0 Å². The molecule has 0 unspecified atom stereocenters. The van der Waals surface area contributed by atoms with Gasteiger partial charge in [0.05, 0.1) is 6.04 Å². The van der Waals surface area contributed by atoms with Gasteiger partial charge in [0.2, 0.25) is 0 Å². The number of carbonyl (C=O) groups is 3. The number of nitrogens with zero attached hydrogens (tertiary/aromatic N) is 3. The van der Waals surface area contributed by atoms with Gasteiger partial charge in [-0.2, -0.15) is 0 Å². The number of nitrogens with one attached hydrogen (secondary N) is 1. The van der Waals surface area contributed by atoms with Gasteiger partial charge in [-0.25, -0.2) is 14.0 Å². The van der Waals surface area contributed by atoms with Crippen LogP contribution in [0.5, 0.6) is 0 Å². The van der Waals surface area contributed by atoms with E-state index in [1.54, 1.807) is 28.0 Å². The van der Waals surface area contributed by atoms with E-state index in [-0.39, 0.29) is 30.0 Å². The fourth-order valence-corrected chi connectivity index (χ4v) is 6.35. The smallest absolute Gasteiger partial charge is 0.410 e. The van der Waals surface area contributed by atoms with Gasteiger partial charge in [-0.3, -0.25) is 4.79 Å². The van der Waals surface area contributed by atoms with Crippen LogP contribution in [0.15, 0.2) is 78.4 Å². The first kappa shape index (κ1) is 37.4. The normalized spacial score (nSPS) is 16.0. The highest BCUT2D eigenvalue weighted by Gasteiger charge is 2.28. The summed E-state index contributed by atoms with van der Waals surface area (Å²) >= 11 is 0. The molecule has 0 spiro atoms. The highest BCUT2D eigenvalue weighted by molar-refractivity contribution is 5.95. The van der Waals surface area contributed by atoms with Crippen LogP contribution in [0.1, 0.15) is 94.4 Å². The van der Waals surface area contributed by atoms with Crippen molar-refractivity contribution in [2.75, 3.05) is 44.2 Å². The van der Waals surface area contributed by atoms with Gasteiger partial charge in [-0.05, 0) is 114 Å². The summed E-state index contributed by atoms with van der Waals surface area (Å²) in [7, 11) is 0. The first-order valence-electron chi connectivity index (χ1n) is 17.8. The summed E-state index contributed by atoms with van der Waals surface area (Å²) in [4.78, 5) is 44.2. The average Bonchev–Trinajstić information content (AvgIpc) is 3.08. The van der Waals surface area contributed by atoms with Crippen molar-refractivity contribution in [3.63, 3.8) is 0 Å². The second kappa shape index (κ2) is 15.6. The standard InChI is InChI=1S/C41H51FN4O5/c1-28(43-37(47)33-9-8-10-35(27-33)44-23-25-46(26-24-44)39(49)51-41(5,6)7)29-11-13-30(14-12-29)36(31-15-17-34(42)18-16-31)32-19-21-45(22-20-32)38(48)50-40(2,3)4/h8-18,27-28H,19-26H2,1-7H3,(H,43,47)/t28-/m1/s1. The topological polar surface area (TPSA) is 91.4 Å². The third kappa shape index (κ3) is 10.1. The first-order valence-corrected chi connectivity index (χ1v) is 17.8. The van der Waals surface area contributed by atoms with Crippen molar-refractivity contribution in [1.29, 1.82) is 0 Å². The predicted molar refractivity (Wildman–Crippen MR) is 198 cm³/mol. The van der Waals surface area contributed by atoms with Crippen molar-refractivity contribution < 1.29 is 28.2 Å². The summed E-state index contributed by atoms with van der Waals surface area (Å²) in [5.41, 5.74) is 5.48. The second-order valence-corrected chi connectivity index (χ2v) is 15.3. The molecule has 9 nitrogen and oxygen atoms in total. The minimum Gasteiger partial charge on any atom is -0.444 e. The molecule has 0 saturated carbocycles. The van der Waals surface area contributed by atoms with Crippen LogP contribution >= 0.6 is 0 Å². The quantitative estimate of drug-likeness (QED) is 0.279. The lowest BCUT2D eigenvalue weighted by Gasteiger charge is -2.36. The van der Waals surface area contributed by atoms with E-state index in [4.69, 9.17) is 9.47 Å². The fraction of sp³-hybridized carbons (Fsp3) is 0.439. The minimum atomic E-state index is -0.559. The van der Waals surface area contributed by atoms with Crippen LogP contribution in [0, 0.1) is 5.82 Å². The van der Waals surface area contributed by atoms with Gasteiger partial charge in [0.25, 0.3) is 5.91 Å². The summed E-state index contributed by atoms with van der Waals surface area (Å²) in [6, 6.07) is 21.9. The molecule has 51 heavy (non-hydrogen) atoms. The van der Waals surface area contributed by atoms with Gasteiger partial charge in [0, 0.05) is 50.5 Å². The molecule has 272 valence electrons. The third-order valence-corrected chi connectivity index (χ3v) is 8.96. The second-order valence-electron chi connectivity index (χ2n) is 15.3. The van der Waals surface area contributed by atoms with Crippen molar-refractivity contribution in [3.05, 3.63) is 106 Å². The largest absolute Gasteiger partial charge is 0.444 e. The van der Waals surface area contributed by atoms with Crippen LogP contribution < -0.4 is 10.2 Å². The molecule has 1 atom stereocenters. The molecule has 2 heterocycles. The van der Waals surface area contributed by atoms with Crippen LogP contribution in [-0.4, -0.2) is 78.4 Å². The van der Waals surface area contributed by atoms with E-state index < -0.39 is 11.2 Å². The number of halogens is 1. The Morgan fingerprint density at radius 3 is 1.73 bits per heavy atom. The lowest BCUT2D eigenvalue weighted by Crippen LogP contribution is -2.50. The average molecular weight is 699 g/mol. The van der Waals surface area contributed by atoms with Gasteiger partial charge in [0.15, 0.2) is 0 Å². The molecule has 2 fully saturated rings. The molecule has 0 aliphatic carbocycles. The van der Waals surface area contributed by atoms with Crippen molar-refractivity contribution in [1.82, 2.24) is 15.1 Å². The molecule has 1 N–H and O–H groups in total. The molecule has 10 heteroatoms. The van der Waals surface area contributed by atoms with E-state index >= 15 is 0 Å². The van der Waals surface area contributed by atoms with Crippen LogP contribution in [0.4, 0.5) is 19.7 Å². The Balaban J connectivity index is 1.25. The molecule has 0 radical (unpaired) electrons. The zero-order chi connectivity index (χ0) is 36.9. The Kier molecular flexibility index (Phi) is 11.4. The number of likely N-dealkylation sites (tertiary alicyclic amines) is 1. The zero-order valence-electron chi connectivity index (χ0n) is 30.9. The predicted octanol–water partition coefficient (Wildman–Crippen LogP) is 8.21. The van der Waals surface area contributed by atoms with Gasteiger partial charge >= 0.3 is 12.2 Å². The number of anilines is 1. The molecule has 2 saturated heterocycles. The van der Waals surface area contributed by atoms with Crippen molar-refractivity contribution >= 4 is 29.4 Å². The number of carbonyl (C=O) groups excluding carboxylic acids is 3. The lowest BCUT2D eigenvalue weighted by molar-refractivity contribution is 0.0228. The van der Waals surface area contributed by atoms with Gasteiger partial charge in [-0.1, -0.05) is 48.0 Å². The highest BCUT2D eigenvalue weighted by atomic mass is 19.1. The fourth-order valence-electron chi connectivity index (χ4n) is 6.35. The molecule has 3 amide bonds. The third-order valence-electron chi connectivity index (χ3n) is 8.96. The van der Waals surface area contributed by atoms with Crippen molar-refractivity contribution in [2.24, 2.45) is 0 Å². The molecule has 2 aliphatic heterocycles. The number of hydrogen-bond donors (Lipinski definition) is 1. The Bertz CT molecular complexity index is 1720. The molecular weight excluding hydrogens is 647 g/mol. The van der Waals surface area contributed by atoms with Gasteiger partial charge in [0.1, 0.15) is 17.0 Å². The number of benzene rings is 3. The van der Waals surface area contributed by atoms with Crippen LogP contribution in [0.25, 0.3) is 5.57 Å². The summed E-state index contributed by atoms with van der Waals surface area (Å²) in [6.45, 7) is 16.6. The SMILES string of the molecule is C[C@@H](NC(=O)c1cccc(N2CCN(C(=O)OC(C)(C)C)CC2)c1)c1ccc(C(=C2CCN(C(=O)OC(C)(C)C)CC2)c2ccc(F)cc2)cc1. The van der Waals surface area contributed by atoms with E-state index in [2.05, 4.69) is 10.2 Å². The number of amides is 3. The van der Waals surface area contributed by atoms with E-state index in [1.807, 2.05) is 90.9 Å². The van der Waals surface area contributed by atoms with Crippen LogP contribution in [0.3, 0.4) is 0 Å². The van der Waals surface area contributed by atoms with Crippen LogP contribution in [-0.2, 0) is 9.47 Å². The number of piperazine rings is 1. The molecule has 3 aromatic carbocycles. The maximum atomic E-state index is 13.9. The number of ether oxygens (including phenoxy) is 2. The Hall–Kier alpha value is -4.86. The van der Waals surface area contributed by atoms with E-state index in [1.165, 1.54) is 17.7 Å². The highest BCUT2D eigenvalue weighted by Crippen LogP contribution is 2.34. The molecule has 0 bridgehead atoms. The molecule has 0 aromatic heterocycles. The Labute approximate surface area is 301 Å². The Morgan fingerprint density at radius 1 is 0.686 bits per heavy atom. The van der Waals surface area contributed by atoms with E-state index in [9.17, 15) is 18.8 Å². The van der Waals surface area contributed by atoms with Crippen LogP contribution in [0.2, 0.25) is 0 Å². The molecular formula is C41H51FN4O5. The summed E-state index contributed by atoms with van der Waals surface area (Å²) < 4.78 is 25.0. The lowest BCUT2D eigenvalue weighted by atomic mass is 9.88. The number of piperidine rings is 1. The molecule has 5 rings (SSSR count). The van der Waals surface area contributed by atoms with Crippen molar-refractivity contribution in [2.45, 2.75) is 78.6 Å².